The molecule has 0 heterocycles. The second-order valence-corrected chi connectivity index (χ2v) is 8.68. The van der Waals surface area contributed by atoms with Gasteiger partial charge in [-0.2, -0.15) is 0 Å². The van der Waals surface area contributed by atoms with Gasteiger partial charge in [0.05, 0.1) is 16.9 Å². The molecule has 0 fully saturated rings. The first-order valence-corrected chi connectivity index (χ1v) is 9.69. The summed E-state index contributed by atoms with van der Waals surface area (Å²) in [6.45, 7) is 5.44. The van der Waals surface area contributed by atoms with E-state index >= 15 is 0 Å². The van der Waals surface area contributed by atoms with E-state index < -0.39 is 20.5 Å². The largest absolute Gasteiger partial charge is 0.497 e. The van der Waals surface area contributed by atoms with Crippen LogP contribution >= 0.6 is 0 Å². The molecule has 8 nitrogen and oxygen atoms in total. The summed E-state index contributed by atoms with van der Waals surface area (Å²) in [6.07, 6.45) is 0. The molecule has 0 unspecified atom stereocenters. The van der Waals surface area contributed by atoms with Crippen molar-refractivity contribution in [2.75, 3.05) is 12.4 Å². The molecule has 27 heavy (non-hydrogen) atoms. The second-order valence-electron chi connectivity index (χ2n) is 6.99. The van der Waals surface area contributed by atoms with Gasteiger partial charge in [-0.3, -0.25) is 10.1 Å². The van der Waals surface area contributed by atoms with Gasteiger partial charge in [-0.1, -0.05) is 12.1 Å². The normalized spacial score (nSPS) is 11.9. The lowest BCUT2D eigenvalue weighted by Gasteiger charge is -2.20. The molecule has 0 aliphatic rings. The Morgan fingerprint density at radius 1 is 1.11 bits per heavy atom. The van der Waals surface area contributed by atoms with Crippen LogP contribution in [0, 0.1) is 10.1 Å². The molecule has 0 bridgehead atoms. The fourth-order valence-corrected chi connectivity index (χ4v) is 3.82. The van der Waals surface area contributed by atoms with E-state index in [2.05, 4.69) is 10.0 Å². The molecule has 0 saturated carbocycles. The predicted molar refractivity (Wildman–Crippen MR) is 103 cm³/mol. The number of nitrogens with one attached hydrogen (secondary N) is 2. The average molecular weight is 393 g/mol. The third kappa shape index (κ3) is 5.66. The number of anilines is 1. The molecule has 2 aromatic rings. The highest BCUT2D eigenvalue weighted by Crippen LogP contribution is 2.28. The molecule has 0 aliphatic heterocycles. The standard InChI is InChI=1S/C18H23N3O5S/c1-18(2,3)20-27(24,25)15-9-10-16(17(11-15)21(22)23)19-12-13-5-7-14(26-4)8-6-13/h5-11,19-20H,12H2,1-4H3. The highest BCUT2D eigenvalue weighted by molar-refractivity contribution is 7.89. The minimum atomic E-state index is -3.86. The van der Waals surface area contributed by atoms with Crippen molar-refractivity contribution in [3.05, 3.63) is 58.1 Å². The lowest BCUT2D eigenvalue weighted by Crippen LogP contribution is -2.40. The van der Waals surface area contributed by atoms with Crippen LogP contribution in [0.5, 0.6) is 5.75 Å². The molecule has 2 N–H and O–H groups in total. The third-order valence-electron chi connectivity index (χ3n) is 3.56. The molecule has 0 spiro atoms. The van der Waals surface area contributed by atoms with Gasteiger partial charge in [0.1, 0.15) is 11.4 Å². The SMILES string of the molecule is COc1ccc(CNc2ccc(S(=O)(=O)NC(C)(C)C)cc2[N+](=O)[O-])cc1. The van der Waals surface area contributed by atoms with Crippen LogP contribution in [-0.4, -0.2) is 26.0 Å². The van der Waals surface area contributed by atoms with Crippen molar-refractivity contribution >= 4 is 21.4 Å². The predicted octanol–water partition coefficient (Wildman–Crippen LogP) is 3.29. The number of rotatable bonds is 7. The topological polar surface area (TPSA) is 111 Å². The van der Waals surface area contributed by atoms with E-state index in [1.54, 1.807) is 40.0 Å². The molecule has 0 aromatic heterocycles. The first-order chi connectivity index (χ1) is 12.5. The van der Waals surface area contributed by atoms with E-state index in [0.717, 1.165) is 11.6 Å². The van der Waals surface area contributed by atoms with E-state index in [-0.39, 0.29) is 16.3 Å². The lowest BCUT2D eigenvalue weighted by molar-refractivity contribution is -0.384. The van der Waals surface area contributed by atoms with Crippen molar-refractivity contribution in [1.82, 2.24) is 4.72 Å². The highest BCUT2D eigenvalue weighted by atomic mass is 32.2. The molecular weight excluding hydrogens is 370 g/mol. The maximum atomic E-state index is 12.4. The zero-order valence-corrected chi connectivity index (χ0v) is 16.5. The summed E-state index contributed by atoms with van der Waals surface area (Å²) < 4.78 is 32.4. The fraction of sp³-hybridized carbons (Fsp3) is 0.333. The van der Waals surface area contributed by atoms with Gasteiger partial charge in [-0.15, -0.1) is 0 Å². The number of benzene rings is 2. The Morgan fingerprint density at radius 2 is 1.74 bits per heavy atom. The van der Waals surface area contributed by atoms with Gasteiger partial charge in [0.15, 0.2) is 0 Å². The summed E-state index contributed by atoms with van der Waals surface area (Å²) >= 11 is 0. The number of methoxy groups -OCH3 is 1. The molecule has 0 saturated heterocycles. The van der Waals surface area contributed by atoms with Crippen molar-refractivity contribution in [3.63, 3.8) is 0 Å². The Labute approximate surface area is 158 Å². The number of ether oxygens (including phenoxy) is 1. The number of hydrogen-bond acceptors (Lipinski definition) is 6. The van der Waals surface area contributed by atoms with Crippen LogP contribution in [0.3, 0.4) is 0 Å². The number of sulfonamides is 1. The minimum Gasteiger partial charge on any atom is -0.497 e. The van der Waals surface area contributed by atoms with Crippen molar-refractivity contribution in [3.8, 4) is 5.75 Å². The van der Waals surface area contributed by atoms with Gasteiger partial charge in [0.2, 0.25) is 10.0 Å². The number of hydrogen-bond donors (Lipinski definition) is 2. The summed E-state index contributed by atoms with van der Waals surface area (Å²) in [4.78, 5) is 10.7. The lowest BCUT2D eigenvalue weighted by atomic mass is 10.1. The van der Waals surface area contributed by atoms with Gasteiger partial charge in [0.25, 0.3) is 5.69 Å². The summed E-state index contributed by atoms with van der Waals surface area (Å²) in [7, 11) is -2.29. The van der Waals surface area contributed by atoms with Crippen molar-refractivity contribution in [1.29, 1.82) is 0 Å². The highest BCUT2D eigenvalue weighted by Gasteiger charge is 2.25. The first kappa shape index (κ1) is 20.7. The molecule has 9 heteroatoms. The van der Waals surface area contributed by atoms with Gasteiger partial charge in [0, 0.05) is 18.2 Å². The van der Waals surface area contributed by atoms with Gasteiger partial charge >= 0.3 is 0 Å². The number of nitro benzene ring substituents is 1. The molecule has 2 aromatic carbocycles. The van der Waals surface area contributed by atoms with Gasteiger partial charge in [-0.25, -0.2) is 13.1 Å². The van der Waals surface area contributed by atoms with E-state index in [0.29, 0.717) is 12.3 Å². The summed E-state index contributed by atoms with van der Waals surface area (Å²) in [5.74, 6) is 0.714. The maximum Gasteiger partial charge on any atom is 0.293 e. The van der Waals surface area contributed by atoms with E-state index in [1.165, 1.54) is 12.1 Å². The molecule has 2 rings (SSSR count). The monoisotopic (exact) mass is 393 g/mol. The Bertz CT molecular complexity index is 919. The number of nitro groups is 1. The summed E-state index contributed by atoms with van der Waals surface area (Å²) in [5, 5.41) is 14.4. The van der Waals surface area contributed by atoms with Crippen LogP contribution in [-0.2, 0) is 16.6 Å². The summed E-state index contributed by atoms with van der Waals surface area (Å²) in [6, 6.07) is 11.1. The average Bonchev–Trinajstić information content (AvgIpc) is 2.58. The van der Waals surface area contributed by atoms with Crippen LogP contribution in [0.2, 0.25) is 0 Å². The molecule has 0 amide bonds. The van der Waals surface area contributed by atoms with Crippen LogP contribution in [0.15, 0.2) is 47.4 Å². The quantitative estimate of drug-likeness (QED) is 0.552. The Morgan fingerprint density at radius 3 is 2.26 bits per heavy atom. The third-order valence-corrected chi connectivity index (χ3v) is 5.31. The fourth-order valence-electron chi connectivity index (χ4n) is 2.38. The Balaban J connectivity index is 2.26. The van der Waals surface area contributed by atoms with E-state index in [9.17, 15) is 18.5 Å². The minimum absolute atomic E-state index is 0.154. The van der Waals surface area contributed by atoms with Crippen LogP contribution in [0.1, 0.15) is 26.3 Å². The molecule has 0 atom stereocenters. The molecule has 0 radical (unpaired) electrons. The zero-order chi connectivity index (χ0) is 20.2. The first-order valence-electron chi connectivity index (χ1n) is 8.21. The van der Waals surface area contributed by atoms with E-state index in [4.69, 9.17) is 4.74 Å². The maximum absolute atomic E-state index is 12.4. The zero-order valence-electron chi connectivity index (χ0n) is 15.6. The summed E-state index contributed by atoms with van der Waals surface area (Å²) in [5.41, 5.74) is 0.140. The van der Waals surface area contributed by atoms with Crippen LogP contribution in [0.25, 0.3) is 0 Å². The molecule has 0 aliphatic carbocycles. The van der Waals surface area contributed by atoms with Gasteiger partial charge in [-0.05, 0) is 50.6 Å². The van der Waals surface area contributed by atoms with Crippen LogP contribution in [0.4, 0.5) is 11.4 Å². The molecular formula is C18H23N3O5S. The van der Waals surface area contributed by atoms with Crippen molar-refractivity contribution in [2.24, 2.45) is 0 Å². The van der Waals surface area contributed by atoms with Crippen molar-refractivity contribution in [2.45, 2.75) is 37.8 Å². The smallest absolute Gasteiger partial charge is 0.293 e. The number of nitrogens with zero attached hydrogens (tertiary/aromatic N) is 1. The van der Waals surface area contributed by atoms with E-state index in [1.807, 2.05) is 12.1 Å². The van der Waals surface area contributed by atoms with Gasteiger partial charge < -0.3 is 10.1 Å². The Hall–Kier alpha value is -2.65. The van der Waals surface area contributed by atoms with Crippen LogP contribution < -0.4 is 14.8 Å². The second kappa shape index (κ2) is 7.93. The molecule has 146 valence electrons. The van der Waals surface area contributed by atoms with Crippen molar-refractivity contribution < 1.29 is 18.1 Å². The Kier molecular flexibility index (Phi) is 6.07.